The standard InChI is InChI=1S/C17H25BrN4O3/c1-12-9-20(10-13(2)25-12)11-14-3-5-21(6-4-14)17-15(18)7-19-8-16(17)22(23)24/h7-8,12-14H,3-6,9-11H2,1-2H3. The molecule has 3 rings (SSSR count). The molecule has 0 aliphatic carbocycles. The maximum atomic E-state index is 11.3. The topological polar surface area (TPSA) is 71.7 Å². The van der Waals surface area contributed by atoms with Crippen LogP contribution in [0.25, 0.3) is 0 Å². The van der Waals surface area contributed by atoms with E-state index in [9.17, 15) is 10.1 Å². The lowest BCUT2D eigenvalue weighted by Gasteiger charge is -2.40. The van der Waals surface area contributed by atoms with Gasteiger partial charge < -0.3 is 9.64 Å². The number of rotatable bonds is 4. The number of anilines is 1. The number of halogens is 1. The van der Waals surface area contributed by atoms with Crippen molar-refractivity contribution in [2.24, 2.45) is 5.92 Å². The van der Waals surface area contributed by atoms with Crippen molar-refractivity contribution >= 4 is 27.3 Å². The molecule has 1 aromatic heterocycles. The lowest BCUT2D eigenvalue weighted by atomic mass is 9.95. The number of aromatic nitrogens is 1. The maximum Gasteiger partial charge on any atom is 0.311 e. The van der Waals surface area contributed by atoms with Crippen molar-refractivity contribution in [2.75, 3.05) is 37.6 Å². The number of nitrogens with zero attached hydrogens (tertiary/aromatic N) is 4. The lowest BCUT2D eigenvalue weighted by molar-refractivity contribution is -0.384. The van der Waals surface area contributed by atoms with Gasteiger partial charge in [0.15, 0.2) is 0 Å². The second-order valence-corrected chi connectivity index (χ2v) is 8.01. The van der Waals surface area contributed by atoms with Gasteiger partial charge in [-0.3, -0.25) is 20.0 Å². The van der Waals surface area contributed by atoms with Crippen molar-refractivity contribution in [1.29, 1.82) is 0 Å². The van der Waals surface area contributed by atoms with Gasteiger partial charge in [-0.1, -0.05) is 0 Å². The molecule has 1 aromatic rings. The van der Waals surface area contributed by atoms with Crippen LogP contribution >= 0.6 is 15.9 Å². The molecule has 2 fully saturated rings. The highest BCUT2D eigenvalue weighted by molar-refractivity contribution is 9.10. The number of morpholine rings is 1. The van der Waals surface area contributed by atoms with Crippen LogP contribution in [0.2, 0.25) is 0 Å². The van der Waals surface area contributed by atoms with Gasteiger partial charge in [0.2, 0.25) is 0 Å². The zero-order valence-electron chi connectivity index (χ0n) is 14.7. The maximum absolute atomic E-state index is 11.3. The fourth-order valence-corrected chi connectivity index (χ4v) is 4.57. The fraction of sp³-hybridized carbons (Fsp3) is 0.706. The molecule has 7 nitrogen and oxygen atoms in total. The SMILES string of the molecule is CC1CN(CC2CCN(c3c(Br)cncc3[N+](=O)[O-])CC2)CC(C)O1. The Labute approximate surface area is 156 Å². The molecule has 0 aromatic carbocycles. The number of nitro groups is 1. The van der Waals surface area contributed by atoms with Gasteiger partial charge in [-0.05, 0) is 48.5 Å². The third-order valence-electron chi connectivity index (χ3n) is 4.99. The summed E-state index contributed by atoms with van der Waals surface area (Å²) in [6.07, 6.45) is 5.64. The average Bonchev–Trinajstić information content (AvgIpc) is 2.54. The normalized spacial score (nSPS) is 26.0. The molecule has 0 saturated carbocycles. The first-order valence-electron chi connectivity index (χ1n) is 8.84. The third-order valence-corrected chi connectivity index (χ3v) is 5.57. The predicted octanol–water partition coefficient (Wildman–Crippen LogP) is 3.08. The van der Waals surface area contributed by atoms with Crippen molar-refractivity contribution in [2.45, 2.75) is 38.9 Å². The summed E-state index contributed by atoms with van der Waals surface area (Å²) in [5.74, 6) is 0.633. The first-order chi connectivity index (χ1) is 11.9. The lowest BCUT2D eigenvalue weighted by Crippen LogP contribution is -2.48. The van der Waals surface area contributed by atoms with Crippen LogP contribution in [-0.2, 0) is 4.74 Å². The second kappa shape index (κ2) is 7.97. The van der Waals surface area contributed by atoms with Crippen LogP contribution in [0.15, 0.2) is 16.9 Å². The molecule has 0 N–H and O–H groups in total. The summed E-state index contributed by atoms with van der Waals surface area (Å²) >= 11 is 3.43. The van der Waals surface area contributed by atoms with E-state index in [0.29, 0.717) is 28.3 Å². The van der Waals surface area contributed by atoms with E-state index < -0.39 is 0 Å². The van der Waals surface area contributed by atoms with Crippen LogP contribution < -0.4 is 4.90 Å². The van der Waals surface area contributed by atoms with Crippen LogP contribution in [0, 0.1) is 16.0 Å². The van der Waals surface area contributed by atoms with Crippen molar-refractivity contribution in [3.8, 4) is 0 Å². The number of ether oxygens (including phenoxy) is 1. The molecular formula is C17H25BrN4O3. The Kier molecular flexibility index (Phi) is 5.91. The van der Waals surface area contributed by atoms with E-state index in [1.54, 1.807) is 6.20 Å². The molecule has 0 spiro atoms. The van der Waals surface area contributed by atoms with Crippen molar-refractivity contribution in [1.82, 2.24) is 9.88 Å². The second-order valence-electron chi connectivity index (χ2n) is 7.15. The zero-order chi connectivity index (χ0) is 18.0. The Hall–Kier alpha value is -1.25. The molecule has 2 unspecified atom stereocenters. The van der Waals surface area contributed by atoms with E-state index >= 15 is 0 Å². The highest BCUT2D eigenvalue weighted by Gasteiger charge is 2.29. The van der Waals surface area contributed by atoms with Crippen molar-refractivity contribution in [3.05, 3.63) is 27.0 Å². The van der Waals surface area contributed by atoms with Gasteiger partial charge in [0.1, 0.15) is 11.9 Å². The van der Waals surface area contributed by atoms with E-state index in [1.807, 2.05) is 0 Å². The molecule has 3 heterocycles. The first-order valence-corrected chi connectivity index (χ1v) is 9.64. The quantitative estimate of drug-likeness (QED) is 0.558. The molecule has 138 valence electrons. The largest absolute Gasteiger partial charge is 0.373 e. The smallest absolute Gasteiger partial charge is 0.311 e. The summed E-state index contributed by atoms with van der Waals surface area (Å²) in [6.45, 7) is 9.01. The summed E-state index contributed by atoms with van der Waals surface area (Å²) in [6, 6.07) is 0. The minimum Gasteiger partial charge on any atom is -0.373 e. The Morgan fingerprint density at radius 3 is 2.52 bits per heavy atom. The zero-order valence-corrected chi connectivity index (χ0v) is 16.3. The van der Waals surface area contributed by atoms with Crippen LogP contribution in [0.1, 0.15) is 26.7 Å². The summed E-state index contributed by atoms with van der Waals surface area (Å²) in [5.41, 5.74) is 0.732. The van der Waals surface area contributed by atoms with Crippen molar-refractivity contribution in [3.63, 3.8) is 0 Å². The Balaban J connectivity index is 1.60. The van der Waals surface area contributed by atoms with Crippen LogP contribution in [0.4, 0.5) is 11.4 Å². The highest BCUT2D eigenvalue weighted by atomic mass is 79.9. The number of hydrogen-bond acceptors (Lipinski definition) is 6. The Morgan fingerprint density at radius 1 is 1.28 bits per heavy atom. The summed E-state index contributed by atoms with van der Waals surface area (Å²) < 4.78 is 6.50. The predicted molar refractivity (Wildman–Crippen MR) is 100.0 cm³/mol. The van der Waals surface area contributed by atoms with Gasteiger partial charge in [-0.25, -0.2) is 0 Å². The number of pyridine rings is 1. The molecule has 2 atom stereocenters. The van der Waals surface area contributed by atoms with Gasteiger partial charge in [0.05, 0.1) is 21.6 Å². The molecular weight excluding hydrogens is 388 g/mol. The van der Waals surface area contributed by atoms with Crippen LogP contribution in [0.5, 0.6) is 0 Å². The molecule has 0 radical (unpaired) electrons. The van der Waals surface area contributed by atoms with E-state index in [4.69, 9.17) is 4.74 Å². The van der Waals surface area contributed by atoms with Gasteiger partial charge in [0.25, 0.3) is 0 Å². The Morgan fingerprint density at radius 2 is 1.92 bits per heavy atom. The van der Waals surface area contributed by atoms with E-state index in [-0.39, 0.29) is 10.6 Å². The monoisotopic (exact) mass is 412 g/mol. The summed E-state index contributed by atoms with van der Waals surface area (Å²) in [7, 11) is 0. The number of piperidine rings is 1. The molecule has 0 amide bonds. The minimum atomic E-state index is -0.351. The summed E-state index contributed by atoms with van der Waals surface area (Å²) in [4.78, 5) is 19.5. The molecule has 2 saturated heterocycles. The average molecular weight is 413 g/mol. The van der Waals surface area contributed by atoms with E-state index in [1.165, 1.54) is 6.20 Å². The van der Waals surface area contributed by atoms with Gasteiger partial charge in [0, 0.05) is 38.9 Å². The van der Waals surface area contributed by atoms with E-state index in [0.717, 1.165) is 45.6 Å². The minimum absolute atomic E-state index is 0.0728. The fourth-order valence-electron chi connectivity index (χ4n) is 4.00. The van der Waals surface area contributed by atoms with Crippen LogP contribution in [-0.4, -0.2) is 59.7 Å². The first kappa shape index (κ1) is 18.5. The van der Waals surface area contributed by atoms with E-state index in [2.05, 4.69) is 44.6 Å². The van der Waals surface area contributed by atoms with Crippen molar-refractivity contribution < 1.29 is 9.66 Å². The van der Waals surface area contributed by atoms with Gasteiger partial charge >= 0.3 is 5.69 Å². The van der Waals surface area contributed by atoms with Gasteiger partial charge in [-0.2, -0.15) is 0 Å². The van der Waals surface area contributed by atoms with Gasteiger partial charge in [-0.15, -0.1) is 0 Å². The Bertz CT molecular complexity index is 612. The number of hydrogen-bond donors (Lipinski definition) is 0. The molecule has 25 heavy (non-hydrogen) atoms. The molecule has 2 aliphatic heterocycles. The highest BCUT2D eigenvalue weighted by Crippen LogP contribution is 2.37. The summed E-state index contributed by atoms with van der Waals surface area (Å²) in [5, 5.41) is 11.3. The van der Waals surface area contributed by atoms with Crippen LogP contribution in [0.3, 0.4) is 0 Å². The third kappa shape index (κ3) is 4.48. The molecule has 8 heteroatoms. The molecule has 2 aliphatic rings. The molecule has 0 bridgehead atoms.